The highest BCUT2D eigenvalue weighted by Gasteiger charge is 2.13. The zero-order valence-electron chi connectivity index (χ0n) is 14.1. The van der Waals surface area contributed by atoms with Gasteiger partial charge in [-0.3, -0.25) is 4.79 Å². The Labute approximate surface area is 137 Å². The lowest BCUT2D eigenvalue weighted by Crippen LogP contribution is -2.20. The third kappa shape index (κ3) is 4.74. The molecule has 0 aliphatic carbocycles. The van der Waals surface area contributed by atoms with E-state index < -0.39 is 0 Å². The summed E-state index contributed by atoms with van der Waals surface area (Å²) in [5, 5.41) is 2.81. The van der Waals surface area contributed by atoms with Crippen molar-refractivity contribution in [2.75, 3.05) is 17.7 Å². The van der Waals surface area contributed by atoms with Crippen LogP contribution < -0.4 is 15.8 Å². The lowest BCUT2D eigenvalue weighted by Gasteiger charge is -2.19. The molecule has 0 aromatic heterocycles. The fourth-order valence-electron chi connectivity index (χ4n) is 2.16. The smallest absolute Gasteiger partial charge is 0.262 e. The van der Waals surface area contributed by atoms with Crippen molar-refractivity contribution in [3.63, 3.8) is 0 Å². The highest BCUT2D eigenvalue weighted by atomic mass is 16.5. The van der Waals surface area contributed by atoms with Crippen LogP contribution in [0.2, 0.25) is 0 Å². The van der Waals surface area contributed by atoms with Gasteiger partial charge in [0.2, 0.25) is 0 Å². The van der Waals surface area contributed by atoms with E-state index in [2.05, 4.69) is 26.1 Å². The van der Waals surface area contributed by atoms with E-state index in [0.717, 1.165) is 5.56 Å². The number of nitrogens with one attached hydrogen (secondary N) is 1. The summed E-state index contributed by atoms with van der Waals surface area (Å²) < 4.78 is 5.53. The van der Waals surface area contributed by atoms with Crippen LogP contribution in [0.15, 0.2) is 42.5 Å². The van der Waals surface area contributed by atoms with Gasteiger partial charge in [0.1, 0.15) is 5.75 Å². The number of nitrogens with two attached hydrogens (primary N) is 1. The normalized spacial score (nSPS) is 11.1. The number of carbonyl (C=O) groups excluding carboxylic acids is 1. The van der Waals surface area contributed by atoms with Crippen LogP contribution in [0.5, 0.6) is 5.75 Å². The Morgan fingerprint density at radius 3 is 2.39 bits per heavy atom. The number of benzene rings is 2. The van der Waals surface area contributed by atoms with Gasteiger partial charge in [-0.25, -0.2) is 0 Å². The molecule has 3 N–H and O–H groups in total. The number of anilines is 2. The Balaban J connectivity index is 1.93. The van der Waals surface area contributed by atoms with Crippen molar-refractivity contribution >= 4 is 17.3 Å². The molecule has 0 unspecified atom stereocenters. The fourth-order valence-corrected chi connectivity index (χ4v) is 2.16. The monoisotopic (exact) mass is 312 g/mol. The molecule has 1 amide bonds. The van der Waals surface area contributed by atoms with Gasteiger partial charge in [-0.1, -0.05) is 39.0 Å². The molecule has 0 saturated heterocycles. The molecule has 0 radical (unpaired) electrons. The molecule has 0 fully saturated rings. The zero-order chi connectivity index (χ0) is 17.0. The molecule has 0 heterocycles. The van der Waals surface area contributed by atoms with E-state index in [0.29, 0.717) is 17.1 Å². The van der Waals surface area contributed by atoms with Gasteiger partial charge in [-0.15, -0.1) is 0 Å². The van der Waals surface area contributed by atoms with Gasteiger partial charge >= 0.3 is 0 Å². The van der Waals surface area contributed by atoms with Crippen molar-refractivity contribution in [2.24, 2.45) is 0 Å². The Morgan fingerprint density at radius 1 is 1.13 bits per heavy atom. The topological polar surface area (TPSA) is 64.3 Å². The number of nitrogen functional groups attached to an aromatic ring is 1. The third-order valence-electron chi connectivity index (χ3n) is 3.63. The first-order chi connectivity index (χ1) is 10.8. The zero-order valence-corrected chi connectivity index (χ0v) is 14.1. The number of carbonyl (C=O) groups is 1. The summed E-state index contributed by atoms with van der Waals surface area (Å²) in [6.07, 6.45) is 0. The molecule has 122 valence electrons. The molecule has 0 bridgehead atoms. The van der Waals surface area contributed by atoms with Crippen LogP contribution >= 0.6 is 0 Å². The van der Waals surface area contributed by atoms with Crippen LogP contribution in [0.1, 0.15) is 31.9 Å². The first kappa shape index (κ1) is 16.9. The number of hydrogen-bond donors (Lipinski definition) is 2. The van der Waals surface area contributed by atoms with Crippen molar-refractivity contribution in [3.05, 3.63) is 53.6 Å². The number of ether oxygens (including phenoxy) is 1. The first-order valence-corrected chi connectivity index (χ1v) is 7.65. The van der Waals surface area contributed by atoms with Crippen LogP contribution in [0.25, 0.3) is 0 Å². The highest BCUT2D eigenvalue weighted by molar-refractivity contribution is 5.93. The summed E-state index contributed by atoms with van der Waals surface area (Å²) in [5.74, 6) is 0.469. The third-order valence-corrected chi connectivity index (χ3v) is 3.63. The predicted molar refractivity (Wildman–Crippen MR) is 94.9 cm³/mol. The second-order valence-electron chi connectivity index (χ2n) is 6.69. The van der Waals surface area contributed by atoms with Gasteiger partial charge < -0.3 is 15.8 Å². The standard InChI is InChI=1S/C19H24N2O2/c1-13-5-8-15(20)11-17(13)21-18(22)12-23-16-9-6-14(7-10-16)19(2,3)4/h5-11H,12,20H2,1-4H3,(H,21,22). The van der Waals surface area contributed by atoms with E-state index in [1.54, 1.807) is 12.1 Å². The molecule has 4 heteroatoms. The van der Waals surface area contributed by atoms with Crippen LogP contribution in [0, 0.1) is 6.92 Å². The summed E-state index contributed by atoms with van der Waals surface area (Å²) in [4.78, 5) is 12.0. The summed E-state index contributed by atoms with van der Waals surface area (Å²) in [6, 6.07) is 13.2. The molecule has 0 aliphatic heterocycles. The molecular formula is C19H24N2O2. The van der Waals surface area contributed by atoms with Crippen molar-refractivity contribution in [2.45, 2.75) is 33.1 Å². The molecule has 2 rings (SSSR count). The van der Waals surface area contributed by atoms with Crippen molar-refractivity contribution < 1.29 is 9.53 Å². The average molecular weight is 312 g/mol. The summed E-state index contributed by atoms with van der Waals surface area (Å²) in [7, 11) is 0. The molecule has 0 spiro atoms. The van der Waals surface area contributed by atoms with Crippen LogP contribution in [0.3, 0.4) is 0 Å². The number of rotatable bonds is 4. The molecule has 23 heavy (non-hydrogen) atoms. The molecule has 4 nitrogen and oxygen atoms in total. The van der Waals surface area contributed by atoms with Crippen molar-refractivity contribution in [3.8, 4) is 5.75 Å². The fraction of sp³-hybridized carbons (Fsp3) is 0.316. The van der Waals surface area contributed by atoms with Gasteiger partial charge in [0, 0.05) is 11.4 Å². The van der Waals surface area contributed by atoms with Gasteiger partial charge in [-0.2, -0.15) is 0 Å². The number of hydrogen-bond acceptors (Lipinski definition) is 3. The van der Waals surface area contributed by atoms with Crippen molar-refractivity contribution in [1.82, 2.24) is 0 Å². The molecule has 0 saturated carbocycles. The van der Waals surface area contributed by atoms with Crippen LogP contribution in [-0.2, 0) is 10.2 Å². The molecule has 2 aromatic rings. The lowest BCUT2D eigenvalue weighted by atomic mass is 9.87. The maximum atomic E-state index is 12.0. The maximum absolute atomic E-state index is 12.0. The molecule has 0 aliphatic rings. The second kappa shape index (κ2) is 6.73. The Bertz CT molecular complexity index is 686. The van der Waals surface area contributed by atoms with Gasteiger partial charge in [0.25, 0.3) is 5.91 Å². The Hall–Kier alpha value is -2.49. The van der Waals surface area contributed by atoms with E-state index in [1.165, 1.54) is 5.56 Å². The first-order valence-electron chi connectivity index (χ1n) is 7.65. The van der Waals surface area contributed by atoms with Gasteiger partial charge in [-0.05, 0) is 47.7 Å². The average Bonchev–Trinajstić information content (AvgIpc) is 2.48. The number of aryl methyl sites for hydroxylation is 1. The quantitative estimate of drug-likeness (QED) is 0.842. The van der Waals surface area contributed by atoms with E-state index >= 15 is 0 Å². The SMILES string of the molecule is Cc1ccc(N)cc1NC(=O)COc1ccc(C(C)(C)C)cc1. The van der Waals surface area contributed by atoms with E-state index in [9.17, 15) is 4.79 Å². The largest absolute Gasteiger partial charge is 0.484 e. The minimum Gasteiger partial charge on any atom is -0.484 e. The molecule has 2 aromatic carbocycles. The highest BCUT2D eigenvalue weighted by Crippen LogP contribution is 2.24. The van der Waals surface area contributed by atoms with Crippen LogP contribution in [-0.4, -0.2) is 12.5 Å². The van der Waals surface area contributed by atoms with E-state index in [1.807, 2.05) is 37.3 Å². The minimum absolute atomic E-state index is 0.0386. The predicted octanol–water partition coefficient (Wildman–Crippen LogP) is 3.89. The maximum Gasteiger partial charge on any atom is 0.262 e. The lowest BCUT2D eigenvalue weighted by molar-refractivity contribution is -0.118. The molecular weight excluding hydrogens is 288 g/mol. The van der Waals surface area contributed by atoms with E-state index in [-0.39, 0.29) is 17.9 Å². The van der Waals surface area contributed by atoms with E-state index in [4.69, 9.17) is 10.5 Å². The van der Waals surface area contributed by atoms with Gasteiger partial charge in [0.05, 0.1) is 0 Å². The Kier molecular flexibility index (Phi) is 4.94. The molecule has 0 atom stereocenters. The summed E-state index contributed by atoms with van der Waals surface area (Å²) >= 11 is 0. The summed E-state index contributed by atoms with van der Waals surface area (Å²) in [5.41, 5.74) is 9.34. The second-order valence-corrected chi connectivity index (χ2v) is 6.69. The van der Waals surface area contributed by atoms with Gasteiger partial charge in [0.15, 0.2) is 6.61 Å². The Morgan fingerprint density at radius 2 is 1.78 bits per heavy atom. The van der Waals surface area contributed by atoms with Crippen LogP contribution in [0.4, 0.5) is 11.4 Å². The number of amides is 1. The minimum atomic E-state index is -0.210. The summed E-state index contributed by atoms with van der Waals surface area (Å²) in [6.45, 7) is 8.35. The van der Waals surface area contributed by atoms with Crippen molar-refractivity contribution in [1.29, 1.82) is 0 Å².